The summed E-state index contributed by atoms with van der Waals surface area (Å²) in [6.07, 6.45) is 5.44. The highest BCUT2D eigenvalue weighted by Crippen LogP contribution is 2.41. The van der Waals surface area contributed by atoms with Crippen molar-refractivity contribution in [2.75, 3.05) is 0 Å². The summed E-state index contributed by atoms with van der Waals surface area (Å²) in [6.45, 7) is 0. The predicted octanol–water partition coefficient (Wildman–Crippen LogP) is 23.2. The summed E-state index contributed by atoms with van der Waals surface area (Å²) in [6, 6.07) is 108. The van der Waals surface area contributed by atoms with Crippen LogP contribution >= 0.6 is 0 Å². The fourth-order valence-electron chi connectivity index (χ4n) is 14.4. The van der Waals surface area contributed by atoms with E-state index in [-0.39, 0.29) is 0 Å². The van der Waals surface area contributed by atoms with Crippen LogP contribution in [0.3, 0.4) is 0 Å². The number of para-hydroxylation sites is 7. The first-order chi connectivity index (χ1) is 47.6. The molecule has 0 aliphatic rings. The van der Waals surface area contributed by atoms with Crippen LogP contribution in [0.2, 0.25) is 0 Å². The average Bonchev–Trinajstić information content (AvgIpc) is 1.63. The van der Waals surface area contributed by atoms with Crippen molar-refractivity contribution in [3.8, 4) is 50.4 Å². The lowest BCUT2D eigenvalue weighted by atomic mass is 10.0. The molecule has 21 rings (SSSR count). The van der Waals surface area contributed by atoms with E-state index in [0.29, 0.717) is 0 Å². The van der Waals surface area contributed by atoms with E-state index < -0.39 is 0 Å². The Balaban J connectivity index is 0.000000102. The molecule has 0 N–H and O–H groups in total. The molecule has 0 saturated heterocycles. The first-order valence-corrected chi connectivity index (χ1v) is 32.2. The van der Waals surface area contributed by atoms with E-state index in [4.69, 9.17) is 13.3 Å². The van der Waals surface area contributed by atoms with E-state index >= 15 is 0 Å². The zero-order chi connectivity index (χ0) is 63.2. The standard InChI is InChI=1S/3C29H18N2O/c1-4-11-24(31-25-12-5-2-9-21(25)22-10-3-6-13-26(22)31)20(8-1)19-15-16-27-23(18-19)29-28(32-27)14-7-17-30-29;1-3-11-25-22(9-1)23-10-2-4-12-26(23)31(25)21-8-5-7-19(17-21)20-14-15-27-24(18-20)29-28(32-27)13-6-16-30-29;1-3-8-25-22(6-1)23-7-2-4-9-26(23)31(25)21-14-11-19(12-15-21)20-13-16-27-24(18-20)29-28(32-27)10-5-17-30-29/h3*1-18H. The van der Waals surface area contributed by atoms with Gasteiger partial charge in [0, 0.05) is 84.0 Å². The van der Waals surface area contributed by atoms with E-state index in [1.165, 1.54) is 76.5 Å². The minimum atomic E-state index is 0.815. The highest BCUT2D eigenvalue weighted by molar-refractivity contribution is 6.13. The van der Waals surface area contributed by atoms with Crippen LogP contribution in [0.25, 0.3) is 182 Å². The van der Waals surface area contributed by atoms with Crippen molar-refractivity contribution in [3.05, 3.63) is 328 Å². The third kappa shape index (κ3) is 8.97. The van der Waals surface area contributed by atoms with Gasteiger partial charge in [-0.15, -0.1) is 0 Å². The predicted molar refractivity (Wildman–Crippen MR) is 394 cm³/mol. The molecule has 0 bridgehead atoms. The van der Waals surface area contributed by atoms with Gasteiger partial charge in [0.1, 0.15) is 33.3 Å². The minimum absolute atomic E-state index is 0.815. The molecule has 0 unspecified atom stereocenters. The number of fused-ring (bicyclic) bond motifs is 18. The molecule has 0 amide bonds. The number of furan rings is 3. The normalized spacial score (nSPS) is 11.8. The maximum Gasteiger partial charge on any atom is 0.153 e. The second-order valence-electron chi connectivity index (χ2n) is 24.2. The first kappa shape index (κ1) is 54.6. The maximum atomic E-state index is 5.99. The zero-order valence-electron chi connectivity index (χ0n) is 51.6. The number of benzene rings is 12. The lowest BCUT2D eigenvalue weighted by molar-refractivity contribution is 0.668. The molecule has 0 fully saturated rings. The van der Waals surface area contributed by atoms with Gasteiger partial charge in [0.05, 0.1) is 38.8 Å². The van der Waals surface area contributed by atoms with Gasteiger partial charge in [-0.2, -0.15) is 0 Å². The Labute approximate surface area is 548 Å². The molecule has 0 radical (unpaired) electrons. The van der Waals surface area contributed by atoms with Crippen molar-refractivity contribution < 1.29 is 13.3 Å². The molecular weight excluding hydrogens is 1180 g/mol. The first-order valence-electron chi connectivity index (χ1n) is 32.2. The second kappa shape index (κ2) is 22.3. The lowest BCUT2D eigenvalue weighted by Gasteiger charge is -2.14. The fraction of sp³-hybridized carbons (Fsp3) is 0. The van der Waals surface area contributed by atoms with Crippen LogP contribution < -0.4 is 0 Å². The van der Waals surface area contributed by atoms with Gasteiger partial charge in [0.2, 0.25) is 0 Å². The van der Waals surface area contributed by atoms with Gasteiger partial charge in [0.15, 0.2) is 16.7 Å². The third-order valence-corrected chi connectivity index (χ3v) is 18.8. The Bertz CT molecular complexity index is 6460. The molecule has 0 aliphatic heterocycles. The summed E-state index contributed by atoms with van der Waals surface area (Å²) in [7, 11) is 0. The van der Waals surface area contributed by atoms with Gasteiger partial charge in [-0.25, -0.2) is 0 Å². The van der Waals surface area contributed by atoms with E-state index in [9.17, 15) is 0 Å². The van der Waals surface area contributed by atoms with Crippen LogP contribution in [0.15, 0.2) is 341 Å². The molecule has 450 valence electrons. The van der Waals surface area contributed by atoms with Crippen molar-refractivity contribution >= 4 is 132 Å². The van der Waals surface area contributed by atoms with Gasteiger partial charge in [-0.3, -0.25) is 15.0 Å². The Kier molecular flexibility index (Phi) is 12.7. The molecule has 9 nitrogen and oxygen atoms in total. The highest BCUT2D eigenvalue weighted by Gasteiger charge is 2.19. The number of aromatic nitrogens is 6. The van der Waals surface area contributed by atoms with Gasteiger partial charge >= 0.3 is 0 Å². The number of rotatable bonds is 6. The van der Waals surface area contributed by atoms with Crippen molar-refractivity contribution in [2.24, 2.45) is 0 Å². The van der Waals surface area contributed by atoms with E-state index in [1.807, 2.05) is 67.1 Å². The quantitative estimate of drug-likeness (QED) is 0.165. The van der Waals surface area contributed by atoms with E-state index in [1.54, 1.807) is 0 Å². The van der Waals surface area contributed by atoms with Crippen LogP contribution in [0.4, 0.5) is 0 Å². The minimum Gasteiger partial charge on any atom is -0.454 e. The number of hydrogen-bond acceptors (Lipinski definition) is 6. The lowest BCUT2D eigenvalue weighted by Crippen LogP contribution is -1.96. The number of pyridine rings is 3. The summed E-state index contributed by atoms with van der Waals surface area (Å²) in [5, 5.41) is 10.7. The van der Waals surface area contributed by atoms with Gasteiger partial charge in [-0.05, 0) is 167 Å². The molecule has 0 atom stereocenters. The fourth-order valence-corrected chi connectivity index (χ4v) is 14.4. The topological polar surface area (TPSA) is 92.9 Å². The molecule has 0 aliphatic carbocycles. The van der Waals surface area contributed by atoms with Crippen molar-refractivity contribution in [2.45, 2.75) is 0 Å². The van der Waals surface area contributed by atoms with Gasteiger partial charge in [0.25, 0.3) is 0 Å². The molecule has 96 heavy (non-hydrogen) atoms. The Morgan fingerprint density at radius 2 is 0.552 bits per heavy atom. The molecule has 0 saturated carbocycles. The van der Waals surface area contributed by atoms with Crippen molar-refractivity contribution in [3.63, 3.8) is 0 Å². The zero-order valence-corrected chi connectivity index (χ0v) is 51.6. The Morgan fingerprint density at radius 1 is 0.208 bits per heavy atom. The molecule has 12 aromatic carbocycles. The number of nitrogens with zero attached hydrogens (tertiary/aromatic N) is 6. The monoisotopic (exact) mass is 1230 g/mol. The van der Waals surface area contributed by atoms with Crippen molar-refractivity contribution in [1.29, 1.82) is 0 Å². The summed E-state index contributed by atoms with van der Waals surface area (Å²) in [4.78, 5) is 13.6. The molecular formula is C87H54N6O3. The van der Waals surface area contributed by atoms with Crippen LogP contribution in [0.5, 0.6) is 0 Å². The Hall–Kier alpha value is -13.1. The van der Waals surface area contributed by atoms with Gasteiger partial charge in [-0.1, -0.05) is 170 Å². The highest BCUT2D eigenvalue weighted by atomic mass is 16.3. The van der Waals surface area contributed by atoms with Crippen molar-refractivity contribution in [1.82, 2.24) is 28.7 Å². The maximum absolute atomic E-state index is 5.99. The van der Waals surface area contributed by atoms with E-state index in [2.05, 4.69) is 290 Å². The molecule has 9 heterocycles. The largest absolute Gasteiger partial charge is 0.454 e. The Morgan fingerprint density at radius 3 is 1.00 bits per heavy atom. The van der Waals surface area contributed by atoms with E-state index in [0.717, 1.165) is 106 Å². The van der Waals surface area contributed by atoms with Crippen LogP contribution in [0, 0.1) is 0 Å². The summed E-state index contributed by atoms with van der Waals surface area (Å²) in [5.74, 6) is 0. The van der Waals surface area contributed by atoms with Gasteiger partial charge < -0.3 is 27.0 Å². The molecule has 9 heteroatoms. The third-order valence-electron chi connectivity index (χ3n) is 18.8. The smallest absolute Gasteiger partial charge is 0.153 e. The summed E-state index contributed by atoms with van der Waals surface area (Å²) >= 11 is 0. The number of hydrogen-bond donors (Lipinski definition) is 0. The average molecular weight is 1230 g/mol. The van der Waals surface area contributed by atoms with Crippen LogP contribution in [0.1, 0.15) is 0 Å². The summed E-state index contributed by atoms with van der Waals surface area (Å²) in [5.41, 5.74) is 25.4. The molecule has 21 aromatic rings. The second-order valence-corrected chi connectivity index (χ2v) is 24.2. The van der Waals surface area contributed by atoms with Crippen LogP contribution in [-0.4, -0.2) is 28.7 Å². The molecule has 9 aromatic heterocycles. The summed E-state index contributed by atoms with van der Waals surface area (Å²) < 4.78 is 24.9. The van der Waals surface area contributed by atoms with Crippen LogP contribution in [-0.2, 0) is 0 Å². The SMILES string of the molecule is c1cc(-c2ccc3oc4cccnc4c3c2)cc(-n2c3ccccc3c3ccccc32)c1.c1ccc(-n2c3ccccc3c3ccccc32)c(-c2ccc3oc4cccnc4c3c2)c1.c1cnc2c(c1)oc1ccc(-c3ccc(-n4c5ccccc5c5ccccc54)cc3)cc12. The molecule has 0 spiro atoms.